The molecule has 0 spiro atoms. The molecule has 0 aromatic heterocycles. The van der Waals surface area contributed by atoms with Gasteiger partial charge < -0.3 is 4.84 Å². The highest BCUT2D eigenvalue weighted by atomic mass is 16.7. The predicted molar refractivity (Wildman–Crippen MR) is 57.1 cm³/mol. The molecule has 2 rings (SSSR count). The summed E-state index contributed by atoms with van der Waals surface area (Å²) in [5.41, 5.74) is 1.13. The third-order valence-electron chi connectivity index (χ3n) is 2.54. The summed E-state index contributed by atoms with van der Waals surface area (Å²) in [6.45, 7) is 1.78. The molecule has 4 heteroatoms. The summed E-state index contributed by atoms with van der Waals surface area (Å²) in [6.07, 6.45) is 0.706. The molecule has 1 heterocycles. The molecule has 4 nitrogen and oxygen atoms in total. The zero-order valence-corrected chi connectivity index (χ0v) is 9.05. The van der Waals surface area contributed by atoms with Gasteiger partial charge >= 0.3 is 5.97 Å². The first-order valence-corrected chi connectivity index (χ1v) is 5.20. The summed E-state index contributed by atoms with van der Waals surface area (Å²) in [4.78, 5) is 26.9. The van der Waals surface area contributed by atoms with Gasteiger partial charge in [0.25, 0.3) is 5.91 Å². The maximum atomic E-state index is 11.6. The van der Waals surface area contributed by atoms with Crippen molar-refractivity contribution in [3.8, 4) is 0 Å². The monoisotopic (exact) mass is 219 g/mol. The number of hydrogen-bond acceptors (Lipinski definition) is 3. The smallest absolute Gasteiger partial charge is 0.329 e. The molecule has 1 aromatic rings. The molecule has 0 bridgehead atoms. The van der Waals surface area contributed by atoms with E-state index in [2.05, 4.69) is 0 Å². The number of carbonyl (C=O) groups excluding carboxylic acids is 2. The second-order valence-electron chi connectivity index (χ2n) is 3.87. The van der Waals surface area contributed by atoms with Crippen molar-refractivity contribution in [3.63, 3.8) is 0 Å². The van der Waals surface area contributed by atoms with E-state index in [1.165, 1.54) is 6.92 Å². The van der Waals surface area contributed by atoms with Crippen LogP contribution < -0.4 is 0 Å². The Bertz CT molecular complexity index is 402. The van der Waals surface area contributed by atoms with E-state index in [0.717, 1.165) is 10.6 Å². The summed E-state index contributed by atoms with van der Waals surface area (Å²) in [5.74, 6) is -0.618. The highest BCUT2D eigenvalue weighted by molar-refractivity contribution is 5.85. The molecule has 1 saturated heterocycles. The zero-order chi connectivity index (χ0) is 11.5. The molecule has 0 N–H and O–H groups in total. The van der Waals surface area contributed by atoms with Crippen LogP contribution in [0.2, 0.25) is 0 Å². The van der Waals surface area contributed by atoms with Crippen molar-refractivity contribution in [1.82, 2.24) is 5.06 Å². The van der Waals surface area contributed by atoms with E-state index in [1.54, 1.807) is 0 Å². The summed E-state index contributed by atoms with van der Waals surface area (Å²) in [5, 5.41) is 1.12. The van der Waals surface area contributed by atoms with E-state index in [9.17, 15) is 9.59 Å². The topological polar surface area (TPSA) is 46.6 Å². The van der Waals surface area contributed by atoms with E-state index in [4.69, 9.17) is 4.84 Å². The normalized spacial score (nSPS) is 19.2. The van der Waals surface area contributed by atoms with Crippen LogP contribution in [0.4, 0.5) is 0 Å². The Balaban J connectivity index is 1.87. The summed E-state index contributed by atoms with van der Waals surface area (Å²) < 4.78 is 0. The number of β-lactam (4-membered cyclic amide) rings is 1. The van der Waals surface area contributed by atoms with Gasteiger partial charge in [0.2, 0.25) is 0 Å². The van der Waals surface area contributed by atoms with Crippen LogP contribution in [0.3, 0.4) is 0 Å². The molecule has 84 valence electrons. The number of hydroxylamine groups is 2. The number of rotatable bonds is 3. The lowest BCUT2D eigenvalue weighted by molar-refractivity contribution is -0.219. The van der Waals surface area contributed by atoms with Crippen LogP contribution in [0.1, 0.15) is 12.5 Å². The maximum Gasteiger partial charge on any atom is 0.329 e. The standard InChI is InChI=1S/C12H13NO3/c1-9(14)16-13-8-11(12(13)15)7-10-5-3-2-4-6-10/h2-6,11H,7-8H2,1H3/t11-/m0/s1. The molecule has 1 aliphatic rings. The van der Waals surface area contributed by atoms with Crippen LogP contribution in [0, 0.1) is 5.92 Å². The first kappa shape index (κ1) is 10.7. The number of amides is 1. The lowest BCUT2D eigenvalue weighted by Gasteiger charge is -2.35. The molecule has 0 radical (unpaired) electrons. The maximum absolute atomic E-state index is 11.6. The molecule has 1 aliphatic heterocycles. The molecule has 1 fully saturated rings. The van der Waals surface area contributed by atoms with Crippen LogP contribution in [-0.4, -0.2) is 23.5 Å². The molecule has 1 amide bonds. The molecule has 0 unspecified atom stereocenters. The first-order valence-electron chi connectivity index (χ1n) is 5.20. The van der Waals surface area contributed by atoms with E-state index in [0.29, 0.717) is 13.0 Å². The lowest BCUT2D eigenvalue weighted by atomic mass is 9.93. The Morgan fingerprint density at radius 2 is 2.12 bits per heavy atom. The largest absolute Gasteiger partial charge is 0.338 e. The third kappa shape index (κ3) is 2.21. The fourth-order valence-corrected chi connectivity index (χ4v) is 1.75. The van der Waals surface area contributed by atoms with Gasteiger partial charge in [-0.3, -0.25) is 9.59 Å². The van der Waals surface area contributed by atoms with Gasteiger partial charge in [-0.1, -0.05) is 30.3 Å². The fourth-order valence-electron chi connectivity index (χ4n) is 1.75. The van der Waals surface area contributed by atoms with Crippen LogP contribution in [-0.2, 0) is 20.8 Å². The van der Waals surface area contributed by atoms with Crippen molar-refractivity contribution < 1.29 is 14.4 Å². The lowest BCUT2D eigenvalue weighted by Crippen LogP contribution is -2.53. The van der Waals surface area contributed by atoms with Gasteiger partial charge in [-0.05, 0) is 12.0 Å². The Hall–Kier alpha value is -1.84. The average molecular weight is 219 g/mol. The molecule has 1 aromatic carbocycles. The van der Waals surface area contributed by atoms with E-state index in [1.807, 2.05) is 30.3 Å². The van der Waals surface area contributed by atoms with Crippen molar-refractivity contribution in [2.45, 2.75) is 13.3 Å². The first-order chi connectivity index (χ1) is 7.66. The Kier molecular flexibility index (Phi) is 2.90. The van der Waals surface area contributed by atoms with Crippen LogP contribution in [0.5, 0.6) is 0 Å². The highest BCUT2D eigenvalue weighted by Gasteiger charge is 2.39. The minimum absolute atomic E-state index is 0.0539. The Labute approximate surface area is 93.8 Å². The second kappa shape index (κ2) is 4.35. The molecule has 0 saturated carbocycles. The molecule has 0 aliphatic carbocycles. The van der Waals surface area contributed by atoms with Gasteiger partial charge in [0, 0.05) is 6.92 Å². The van der Waals surface area contributed by atoms with Crippen molar-refractivity contribution in [2.24, 2.45) is 5.92 Å². The SMILES string of the molecule is CC(=O)ON1C[C@H](Cc2ccccc2)C1=O. The van der Waals surface area contributed by atoms with Gasteiger partial charge in [-0.25, -0.2) is 0 Å². The van der Waals surface area contributed by atoms with Gasteiger partial charge in [-0.2, -0.15) is 5.06 Å². The van der Waals surface area contributed by atoms with Crippen molar-refractivity contribution in [2.75, 3.05) is 6.54 Å². The number of hydrogen-bond donors (Lipinski definition) is 0. The fraction of sp³-hybridized carbons (Fsp3) is 0.333. The van der Waals surface area contributed by atoms with E-state index >= 15 is 0 Å². The van der Waals surface area contributed by atoms with Gasteiger partial charge in [0.1, 0.15) is 0 Å². The van der Waals surface area contributed by atoms with Gasteiger partial charge in [-0.15, -0.1) is 0 Å². The van der Waals surface area contributed by atoms with Crippen molar-refractivity contribution in [3.05, 3.63) is 35.9 Å². The summed E-state index contributed by atoms with van der Waals surface area (Å²) in [6, 6.07) is 9.81. The van der Waals surface area contributed by atoms with E-state index in [-0.39, 0.29) is 11.8 Å². The molecular weight excluding hydrogens is 206 g/mol. The molecule has 1 atom stereocenters. The zero-order valence-electron chi connectivity index (χ0n) is 9.05. The van der Waals surface area contributed by atoms with Crippen molar-refractivity contribution in [1.29, 1.82) is 0 Å². The number of carbonyl (C=O) groups is 2. The quantitative estimate of drug-likeness (QED) is 0.717. The van der Waals surface area contributed by atoms with Crippen LogP contribution in [0.25, 0.3) is 0 Å². The summed E-state index contributed by atoms with van der Waals surface area (Å²) in [7, 11) is 0. The third-order valence-corrected chi connectivity index (χ3v) is 2.54. The summed E-state index contributed by atoms with van der Waals surface area (Å²) >= 11 is 0. The van der Waals surface area contributed by atoms with Gasteiger partial charge in [0.15, 0.2) is 0 Å². The molecular formula is C12H13NO3. The average Bonchev–Trinajstić information content (AvgIpc) is 2.28. The van der Waals surface area contributed by atoms with Crippen LogP contribution >= 0.6 is 0 Å². The minimum Gasteiger partial charge on any atom is -0.338 e. The predicted octanol–water partition coefficient (Wildman–Crippen LogP) is 1.17. The second-order valence-corrected chi connectivity index (χ2v) is 3.87. The Morgan fingerprint density at radius 3 is 2.69 bits per heavy atom. The number of benzene rings is 1. The highest BCUT2D eigenvalue weighted by Crippen LogP contribution is 2.22. The number of nitrogens with zero attached hydrogens (tertiary/aromatic N) is 1. The Morgan fingerprint density at radius 1 is 1.44 bits per heavy atom. The minimum atomic E-state index is -0.452. The van der Waals surface area contributed by atoms with Crippen molar-refractivity contribution >= 4 is 11.9 Å². The molecule has 16 heavy (non-hydrogen) atoms. The van der Waals surface area contributed by atoms with Crippen LogP contribution in [0.15, 0.2) is 30.3 Å². The van der Waals surface area contributed by atoms with Gasteiger partial charge in [0.05, 0.1) is 12.5 Å². The van der Waals surface area contributed by atoms with E-state index < -0.39 is 5.97 Å².